The van der Waals surface area contributed by atoms with Gasteiger partial charge in [0.25, 0.3) is 0 Å². The molecule has 2 rings (SSSR count). The highest BCUT2D eigenvalue weighted by Gasteiger charge is 2.06. The lowest BCUT2D eigenvalue weighted by Gasteiger charge is -2.09. The summed E-state index contributed by atoms with van der Waals surface area (Å²) in [6, 6.07) is 14.2. The number of halogens is 1. The van der Waals surface area contributed by atoms with Crippen LogP contribution in [-0.4, -0.2) is 5.91 Å². The minimum absolute atomic E-state index is 0.112. The number of hydrogen-bond donors (Lipinski definition) is 1. The molecule has 0 aliphatic heterocycles. The van der Waals surface area contributed by atoms with Crippen molar-refractivity contribution in [3.05, 3.63) is 59.9 Å². The Balaban J connectivity index is 2.11. The molecule has 1 amide bonds. The summed E-state index contributed by atoms with van der Waals surface area (Å²) in [7, 11) is 0. The number of anilines is 1. The molecule has 0 fully saturated rings. The van der Waals surface area contributed by atoms with Crippen LogP contribution in [-0.2, 0) is 10.5 Å². The van der Waals surface area contributed by atoms with Gasteiger partial charge in [-0.25, -0.2) is 4.39 Å². The Kier molecular flexibility index (Phi) is 4.58. The van der Waals surface area contributed by atoms with Gasteiger partial charge in [0.2, 0.25) is 5.91 Å². The SMILES string of the molecule is CC(=O)Nc1ccccc1SCc1ccccc1F. The highest BCUT2D eigenvalue weighted by Crippen LogP contribution is 2.30. The van der Waals surface area contributed by atoms with Gasteiger partial charge in [-0.3, -0.25) is 4.79 Å². The molecule has 4 heteroatoms. The quantitative estimate of drug-likeness (QED) is 0.852. The second-order valence-corrected chi connectivity index (χ2v) is 5.07. The zero-order valence-electron chi connectivity index (χ0n) is 10.5. The van der Waals surface area contributed by atoms with Crippen molar-refractivity contribution in [2.45, 2.75) is 17.6 Å². The summed E-state index contributed by atoms with van der Waals surface area (Å²) < 4.78 is 13.5. The number of carbonyl (C=O) groups is 1. The molecule has 0 aliphatic rings. The van der Waals surface area contributed by atoms with Crippen LogP contribution >= 0.6 is 11.8 Å². The lowest BCUT2D eigenvalue weighted by Crippen LogP contribution is -2.06. The minimum atomic E-state index is -0.202. The van der Waals surface area contributed by atoms with E-state index < -0.39 is 0 Å². The molecule has 1 N–H and O–H groups in total. The van der Waals surface area contributed by atoms with E-state index in [0.29, 0.717) is 11.3 Å². The average Bonchev–Trinajstić information content (AvgIpc) is 2.39. The molecule has 0 unspecified atom stereocenters. The van der Waals surface area contributed by atoms with Gasteiger partial charge in [0.05, 0.1) is 5.69 Å². The van der Waals surface area contributed by atoms with Crippen LogP contribution in [0.2, 0.25) is 0 Å². The third-order valence-electron chi connectivity index (χ3n) is 2.54. The molecule has 0 saturated heterocycles. The maximum atomic E-state index is 13.5. The molecule has 0 saturated carbocycles. The molecular formula is C15H14FNOS. The Labute approximate surface area is 116 Å². The summed E-state index contributed by atoms with van der Waals surface area (Å²) >= 11 is 1.50. The van der Waals surface area contributed by atoms with Gasteiger partial charge in [-0.05, 0) is 23.8 Å². The predicted octanol–water partition coefficient (Wildman–Crippen LogP) is 4.08. The van der Waals surface area contributed by atoms with Gasteiger partial charge in [0.1, 0.15) is 5.82 Å². The van der Waals surface area contributed by atoms with Gasteiger partial charge in [-0.15, -0.1) is 11.8 Å². The lowest BCUT2D eigenvalue weighted by atomic mass is 10.2. The molecule has 2 nitrogen and oxygen atoms in total. The van der Waals surface area contributed by atoms with Crippen molar-refractivity contribution in [1.82, 2.24) is 0 Å². The number of hydrogen-bond acceptors (Lipinski definition) is 2. The van der Waals surface area contributed by atoms with Crippen molar-refractivity contribution in [1.29, 1.82) is 0 Å². The van der Waals surface area contributed by atoms with Crippen molar-refractivity contribution in [3.8, 4) is 0 Å². The van der Waals surface area contributed by atoms with Gasteiger partial charge in [-0.1, -0.05) is 30.3 Å². The predicted molar refractivity (Wildman–Crippen MR) is 76.7 cm³/mol. The van der Waals surface area contributed by atoms with Gasteiger partial charge in [0.15, 0.2) is 0 Å². The standard InChI is InChI=1S/C15H14FNOS/c1-11(18)17-14-8-4-5-9-15(14)19-10-12-6-2-3-7-13(12)16/h2-9H,10H2,1H3,(H,17,18). The zero-order valence-corrected chi connectivity index (χ0v) is 11.3. The molecule has 0 aliphatic carbocycles. The largest absolute Gasteiger partial charge is 0.325 e. The summed E-state index contributed by atoms with van der Waals surface area (Å²) in [4.78, 5) is 12.0. The Morgan fingerprint density at radius 1 is 1.16 bits per heavy atom. The molecule has 0 heterocycles. The lowest BCUT2D eigenvalue weighted by molar-refractivity contribution is -0.114. The normalized spacial score (nSPS) is 10.2. The highest BCUT2D eigenvalue weighted by atomic mass is 32.2. The third-order valence-corrected chi connectivity index (χ3v) is 3.66. The summed E-state index contributed by atoms with van der Waals surface area (Å²) in [5.74, 6) is 0.217. The van der Waals surface area contributed by atoms with Crippen LogP contribution in [0.3, 0.4) is 0 Å². The fourth-order valence-corrected chi connectivity index (χ4v) is 2.65. The molecule has 2 aromatic carbocycles. The third kappa shape index (κ3) is 3.83. The number of benzene rings is 2. The second-order valence-electron chi connectivity index (χ2n) is 4.06. The van der Waals surface area contributed by atoms with Crippen LogP contribution in [0.15, 0.2) is 53.4 Å². The van der Waals surface area contributed by atoms with E-state index in [4.69, 9.17) is 0 Å². The molecular weight excluding hydrogens is 261 g/mol. The smallest absolute Gasteiger partial charge is 0.221 e. The van der Waals surface area contributed by atoms with E-state index in [1.807, 2.05) is 30.3 Å². The van der Waals surface area contributed by atoms with Gasteiger partial charge >= 0.3 is 0 Å². The molecule has 0 atom stereocenters. The number of thioether (sulfide) groups is 1. The average molecular weight is 275 g/mol. The number of para-hydroxylation sites is 1. The van der Waals surface area contributed by atoms with Crippen molar-refractivity contribution in [2.75, 3.05) is 5.32 Å². The van der Waals surface area contributed by atoms with Gasteiger partial charge < -0.3 is 5.32 Å². The van der Waals surface area contributed by atoms with E-state index in [0.717, 1.165) is 10.6 Å². The number of carbonyl (C=O) groups excluding carboxylic acids is 1. The van der Waals surface area contributed by atoms with Crippen LogP contribution in [0.4, 0.5) is 10.1 Å². The summed E-state index contributed by atoms with van der Waals surface area (Å²) in [6.45, 7) is 1.47. The first-order valence-electron chi connectivity index (χ1n) is 5.89. The summed E-state index contributed by atoms with van der Waals surface area (Å²) in [5.41, 5.74) is 1.42. The molecule has 0 spiro atoms. The molecule has 0 bridgehead atoms. The first kappa shape index (κ1) is 13.6. The maximum absolute atomic E-state index is 13.5. The van der Waals surface area contributed by atoms with E-state index in [1.165, 1.54) is 24.8 Å². The minimum Gasteiger partial charge on any atom is -0.325 e. The van der Waals surface area contributed by atoms with E-state index in [1.54, 1.807) is 12.1 Å². The van der Waals surface area contributed by atoms with Crippen LogP contribution in [0.25, 0.3) is 0 Å². The highest BCUT2D eigenvalue weighted by molar-refractivity contribution is 7.98. The maximum Gasteiger partial charge on any atom is 0.221 e. The van der Waals surface area contributed by atoms with E-state index >= 15 is 0 Å². The van der Waals surface area contributed by atoms with Crippen molar-refractivity contribution in [2.24, 2.45) is 0 Å². The molecule has 2 aromatic rings. The zero-order chi connectivity index (χ0) is 13.7. The Morgan fingerprint density at radius 2 is 1.84 bits per heavy atom. The van der Waals surface area contributed by atoms with Crippen LogP contribution in [0.5, 0.6) is 0 Å². The fourth-order valence-electron chi connectivity index (χ4n) is 1.66. The molecule has 0 radical (unpaired) electrons. The van der Waals surface area contributed by atoms with E-state index in [9.17, 15) is 9.18 Å². The first-order chi connectivity index (χ1) is 9.16. The van der Waals surface area contributed by atoms with E-state index in [2.05, 4.69) is 5.32 Å². The molecule has 0 aromatic heterocycles. The van der Waals surface area contributed by atoms with Crippen LogP contribution in [0.1, 0.15) is 12.5 Å². The first-order valence-corrected chi connectivity index (χ1v) is 6.88. The Bertz CT molecular complexity index is 586. The fraction of sp³-hybridized carbons (Fsp3) is 0.133. The second kappa shape index (κ2) is 6.38. The summed E-state index contributed by atoms with van der Waals surface area (Å²) in [6.07, 6.45) is 0. The molecule has 98 valence electrons. The van der Waals surface area contributed by atoms with Crippen LogP contribution < -0.4 is 5.32 Å². The number of nitrogens with one attached hydrogen (secondary N) is 1. The Morgan fingerprint density at radius 3 is 2.58 bits per heavy atom. The van der Waals surface area contributed by atoms with E-state index in [-0.39, 0.29) is 11.7 Å². The van der Waals surface area contributed by atoms with Crippen molar-refractivity contribution >= 4 is 23.4 Å². The van der Waals surface area contributed by atoms with Crippen molar-refractivity contribution in [3.63, 3.8) is 0 Å². The van der Waals surface area contributed by atoms with Gasteiger partial charge in [0, 0.05) is 17.6 Å². The van der Waals surface area contributed by atoms with Crippen LogP contribution in [0, 0.1) is 5.82 Å². The van der Waals surface area contributed by atoms with Crippen molar-refractivity contribution < 1.29 is 9.18 Å². The topological polar surface area (TPSA) is 29.1 Å². The van der Waals surface area contributed by atoms with Gasteiger partial charge in [-0.2, -0.15) is 0 Å². The number of amides is 1. The molecule has 19 heavy (non-hydrogen) atoms. The monoisotopic (exact) mass is 275 g/mol. The number of rotatable bonds is 4. The summed E-state index contributed by atoms with van der Waals surface area (Å²) in [5, 5.41) is 2.77. The Hall–Kier alpha value is -1.81.